The van der Waals surface area contributed by atoms with E-state index >= 15 is 0 Å². The molecule has 0 radical (unpaired) electrons. The SMILES string of the molecule is CC/C=C/C/C=C/C/C=C/C/C=C/C/C=C/C/C=C/CCC(=O)OCC(CO)OC(=O)CC/C=C/C/C=C/C/C=C/C/C=C/C/C=C/C/C=C/CC. The van der Waals surface area contributed by atoms with Crippen LogP contribution in [0.4, 0.5) is 0 Å². The van der Waals surface area contributed by atoms with E-state index in [1.165, 1.54) is 0 Å². The second-order valence-corrected chi connectivity index (χ2v) is 11.9. The number of esters is 2. The van der Waals surface area contributed by atoms with Gasteiger partial charge in [0.05, 0.1) is 6.61 Å². The van der Waals surface area contributed by atoms with Crippen molar-refractivity contribution >= 4 is 11.9 Å². The zero-order valence-electron chi connectivity index (χ0n) is 32.2. The summed E-state index contributed by atoms with van der Waals surface area (Å²) in [4.78, 5) is 24.2. The first-order valence-corrected chi connectivity index (χ1v) is 19.4. The van der Waals surface area contributed by atoms with E-state index in [2.05, 4.69) is 135 Å². The molecule has 1 atom stereocenters. The summed E-state index contributed by atoms with van der Waals surface area (Å²) in [6, 6.07) is 0. The number of rotatable bonds is 32. The Balaban J connectivity index is 3.88. The molecule has 5 heteroatoms. The largest absolute Gasteiger partial charge is 0.462 e. The smallest absolute Gasteiger partial charge is 0.306 e. The maximum atomic E-state index is 12.1. The quantitative estimate of drug-likeness (QED) is 0.0555. The predicted molar refractivity (Wildman–Crippen MR) is 223 cm³/mol. The van der Waals surface area contributed by atoms with Crippen molar-refractivity contribution in [2.24, 2.45) is 0 Å². The standard InChI is InChI=1S/C47H68O5/c1-3-5-7-9-11-13-15-17-19-21-23-25-27-29-31-33-35-37-39-41-46(49)51-44-45(43-48)52-47(50)42-40-38-36-34-32-30-28-26-24-22-20-18-16-14-12-10-8-6-4-2/h5-8,11-14,17-20,23-26,29-32,35-38,45,48H,3-4,9-10,15-16,21-22,27-28,33-34,39-44H2,1-2H3/b7-5+,8-6+,13-11+,14-12+,19-17+,20-18+,25-23+,26-24+,31-29+,32-30+,37-35+,38-36+. The predicted octanol–water partition coefficient (Wildman–Crippen LogP) is 12.4. The average molecular weight is 713 g/mol. The van der Waals surface area contributed by atoms with Gasteiger partial charge in [0.25, 0.3) is 0 Å². The topological polar surface area (TPSA) is 72.8 Å². The van der Waals surface area contributed by atoms with Gasteiger partial charge in [0.15, 0.2) is 6.10 Å². The molecule has 0 bridgehead atoms. The first kappa shape index (κ1) is 47.8. The van der Waals surface area contributed by atoms with Crippen LogP contribution in [-0.4, -0.2) is 36.4 Å². The van der Waals surface area contributed by atoms with E-state index < -0.39 is 18.7 Å². The van der Waals surface area contributed by atoms with Crippen LogP contribution in [0, 0.1) is 0 Å². The highest BCUT2D eigenvalue weighted by atomic mass is 16.6. The Labute approximate surface area is 317 Å². The number of ether oxygens (including phenoxy) is 2. The Bertz CT molecular complexity index is 1220. The summed E-state index contributed by atoms with van der Waals surface area (Å²) in [7, 11) is 0. The van der Waals surface area contributed by atoms with Crippen molar-refractivity contribution in [2.75, 3.05) is 13.2 Å². The normalized spacial score (nSPS) is 13.8. The van der Waals surface area contributed by atoms with Gasteiger partial charge in [-0.15, -0.1) is 0 Å². The van der Waals surface area contributed by atoms with Gasteiger partial charge in [-0.2, -0.15) is 0 Å². The number of hydrogen-bond acceptors (Lipinski definition) is 5. The van der Waals surface area contributed by atoms with E-state index in [9.17, 15) is 14.7 Å². The maximum absolute atomic E-state index is 12.1. The van der Waals surface area contributed by atoms with Gasteiger partial charge in [0, 0.05) is 12.8 Å². The molecule has 0 aliphatic rings. The molecule has 0 aromatic carbocycles. The number of aliphatic hydroxyl groups is 1. The first-order valence-electron chi connectivity index (χ1n) is 19.4. The van der Waals surface area contributed by atoms with Crippen LogP contribution in [0.3, 0.4) is 0 Å². The zero-order valence-corrected chi connectivity index (χ0v) is 32.2. The molecule has 0 saturated carbocycles. The summed E-state index contributed by atoms with van der Waals surface area (Å²) in [5, 5.41) is 9.54. The van der Waals surface area contributed by atoms with Crippen LogP contribution in [-0.2, 0) is 19.1 Å². The molecule has 0 aromatic rings. The maximum Gasteiger partial charge on any atom is 0.306 e. The molecule has 0 aliphatic heterocycles. The molecule has 5 nitrogen and oxygen atoms in total. The molecule has 286 valence electrons. The molecule has 0 spiro atoms. The molecule has 1 N–H and O–H groups in total. The van der Waals surface area contributed by atoms with Crippen LogP contribution >= 0.6 is 0 Å². The number of carbonyl (C=O) groups excluding carboxylic acids is 2. The van der Waals surface area contributed by atoms with Crippen LogP contribution in [0.2, 0.25) is 0 Å². The Kier molecular flexibility index (Phi) is 37.9. The summed E-state index contributed by atoms with van der Waals surface area (Å²) in [5.41, 5.74) is 0. The average Bonchev–Trinajstić information content (AvgIpc) is 3.15. The number of allylic oxidation sites excluding steroid dienone is 24. The number of hydrogen-bond donors (Lipinski definition) is 1. The van der Waals surface area contributed by atoms with E-state index in [1.54, 1.807) is 0 Å². The highest BCUT2D eigenvalue weighted by Gasteiger charge is 2.15. The molecule has 0 aliphatic carbocycles. The third-order valence-corrected chi connectivity index (χ3v) is 7.16. The number of aliphatic hydroxyl groups excluding tert-OH is 1. The van der Waals surface area contributed by atoms with Gasteiger partial charge in [-0.25, -0.2) is 0 Å². The van der Waals surface area contributed by atoms with Gasteiger partial charge in [0.2, 0.25) is 0 Å². The van der Waals surface area contributed by atoms with Crippen molar-refractivity contribution in [3.05, 3.63) is 146 Å². The van der Waals surface area contributed by atoms with E-state index in [4.69, 9.17) is 9.47 Å². The molecule has 0 fully saturated rings. The lowest BCUT2D eigenvalue weighted by Gasteiger charge is -2.15. The lowest BCUT2D eigenvalue weighted by molar-refractivity contribution is -0.161. The first-order chi connectivity index (χ1) is 25.6. The molecule has 52 heavy (non-hydrogen) atoms. The monoisotopic (exact) mass is 713 g/mol. The van der Waals surface area contributed by atoms with Crippen molar-refractivity contribution < 1.29 is 24.2 Å². The van der Waals surface area contributed by atoms with E-state index in [0.717, 1.165) is 77.0 Å². The third-order valence-electron chi connectivity index (χ3n) is 7.16. The van der Waals surface area contributed by atoms with Gasteiger partial charge in [-0.1, -0.05) is 160 Å². The van der Waals surface area contributed by atoms with Crippen molar-refractivity contribution in [1.29, 1.82) is 0 Å². The summed E-state index contributed by atoms with van der Waals surface area (Å²) >= 11 is 0. The summed E-state index contributed by atoms with van der Waals surface area (Å²) in [6.07, 6.45) is 63.5. The molecule has 1 unspecified atom stereocenters. The van der Waals surface area contributed by atoms with E-state index in [-0.39, 0.29) is 25.4 Å². The van der Waals surface area contributed by atoms with E-state index in [1.807, 2.05) is 24.3 Å². The lowest BCUT2D eigenvalue weighted by atomic mass is 10.2. The highest BCUT2D eigenvalue weighted by Crippen LogP contribution is 2.04. The van der Waals surface area contributed by atoms with Gasteiger partial charge in [-0.05, 0) is 89.9 Å². The summed E-state index contributed by atoms with van der Waals surface area (Å²) in [6.45, 7) is 3.74. The van der Waals surface area contributed by atoms with Crippen molar-refractivity contribution in [1.82, 2.24) is 0 Å². The molecule has 0 rings (SSSR count). The number of carbonyl (C=O) groups is 2. The van der Waals surface area contributed by atoms with Crippen molar-refractivity contribution in [3.8, 4) is 0 Å². The fourth-order valence-corrected chi connectivity index (χ4v) is 4.31. The highest BCUT2D eigenvalue weighted by molar-refractivity contribution is 5.70. The Morgan fingerprint density at radius 3 is 0.981 bits per heavy atom. The fourth-order valence-electron chi connectivity index (χ4n) is 4.31. The fraction of sp³-hybridized carbons (Fsp3) is 0.447. The summed E-state index contributed by atoms with van der Waals surface area (Å²) < 4.78 is 10.5. The molecule has 0 amide bonds. The molecule has 0 heterocycles. The third kappa shape index (κ3) is 38.6. The lowest BCUT2D eigenvalue weighted by Crippen LogP contribution is -2.28. The molecule has 0 aromatic heterocycles. The van der Waals surface area contributed by atoms with Crippen molar-refractivity contribution in [3.63, 3.8) is 0 Å². The van der Waals surface area contributed by atoms with Gasteiger partial charge in [0.1, 0.15) is 6.61 Å². The van der Waals surface area contributed by atoms with Crippen molar-refractivity contribution in [2.45, 2.75) is 123 Å². The van der Waals surface area contributed by atoms with Crippen LogP contribution in [0.25, 0.3) is 0 Å². The molecular weight excluding hydrogens is 645 g/mol. The van der Waals surface area contributed by atoms with Gasteiger partial charge < -0.3 is 14.6 Å². The van der Waals surface area contributed by atoms with E-state index in [0.29, 0.717) is 12.8 Å². The summed E-state index contributed by atoms with van der Waals surface area (Å²) in [5.74, 6) is -0.806. The minimum atomic E-state index is -0.854. The Morgan fingerprint density at radius 2 is 0.692 bits per heavy atom. The Hall–Kier alpha value is -4.22. The second kappa shape index (κ2) is 41.2. The van der Waals surface area contributed by atoms with Gasteiger partial charge >= 0.3 is 11.9 Å². The molecular formula is C47H68O5. The van der Waals surface area contributed by atoms with Crippen LogP contribution in [0.1, 0.15) is 117 Å². The van der Waals surface area contributed by atoms with Gasteiger partial charge in [-0.3, -0.25) is 9.59 Å². The molecule has 0 saturated heterocycles. The zero-order chi connectivity index (χ0) is 37.8. The minimum Gasteiger partial charge on any atom is -0.462 e. The van der Waals surface area contributed by atoms with Crippen LogP contribution in [0.15, 0.2) is 146 Å². The Morgan fingerprint density at radius 1 is 0.423 bits per heavy atom. The minimum absolute atomic E-state index is 0.148. The van der Waals surface area contributed by atoms with Crippen LogP contribution in [0.5, 0.6) is 0 Å². The van der Waals surface area contributed by atoms with Crippen LogP contribution < -0.4 is 0 Å². The second-order valence-electron chi connectivity index (χ2n) is 11.9.